The maximum absolute atomic E-state index is 12.5. The van der Waals surface area contributed by atoms with Gasteiger partial charge >= 0.3 is 0 Å². The van der Waals surface area contributed by atoms with Gasteiger partial charge in [-0.05, 0) is 24.3 Å². The van der Waals surface area contributed by atoms with Gasteiger partial charge in [0.2, 0.25) is 5.91 Å². The standard InChI is InChI=1S/C19H17N3O3S/c23-18(20-13-5-6-15-16(9-13)25-8-7-24-15)12-10-22(11-12)19-21-14-3-1-2-4-17(14)26-19/h1-6,9,12H,7-8,10-11H2,(H,20,23). The summed E-state index contributed by atoms with van der Waals surface area (Å²) in [4.78, 5) is 19.3. The van der Waals surface area contributed by atoms with Crippen LogP contribution in [0.15, 0.2) is 42.5 Å². The van der Waals surface area contributed by atoms with Crippen molar-refractivity contribution in [3.05, 3.63) is 42.5 Å². The van der Waals surface area contributed by atoms with Crippen LogP contribution in [0.2, 0.25) is 0 Å². The number of para-hydroxylation sites is 1. The minimum absolute atomic E-state index is 0.0269. The van der Waals surface area contributed by atoms with E-state index in [1.54, 1.807) is 11.3 Å². The largest absolute Gasteiger partial charge is 0.486 e. The van der Waals surface area contributed by atoms with Gasteiger partial charge in [0, 0.05) is 24.8 Å². The Morgan fingerprint density at radius 3 is 2.77 bits per heavy atom. The zero-order valence-electron chi connectivity index (χ0n) is 14.0. The van der Waals surface area contributed by atoms with E-state index in [0.29, 0.717) is 32.1 Å². The van der Waals surface area contributed by atoms with Crippen molar-refractivity contribution in [1.29, 1.82) is 0 Å². The van der Waals surface area contributed by atoms with Crippen molar-refractivity contribution in [2.75, 3.05) is 36.5 Å². The number of hydrogen-bond acceptors (Lipinski definition) is 6. The molecule has 2 aromatic carbocycles. The van der Waals surface area contributed by atoms with Crippen LogP contribution >= 0.6 is 11.3 Å². The monoisotopic (exact) mass is 367 g/mol. The summed E-state index contributed by atoms with van der Waals surface area (Å²) in [6, 6.07) is 13.6. The number of amides is 1. The summed E-state index contributed by atoms with van der Waals surface area (Å²) in [5.74, 6) is 1.40. The van der Waals surface area contributed by atoms with Gasteiger partial charge in [0.05, 0.1) is 16.1 Å². The Morgan fingerprint density at radius 1 is 1.12 bits per heavy atom. The Morgan fingerprint density at radius 2 is 1.92 bits per heavy atom. The van der Waals surface area contributed by atoms with Crippen molar-refractivity contribution in [3.8, 4) is 11.5 Å². The Hall–Kier alpha value is -2.80. The first-order valence-corrected chi connectivity index (χ1v) is 9.39. The maximum atomic E-state index is 12.5. The highest BCUT2D eigenvalue weighted by molar-refractivity contribution is 7.22. The number of carbonyl (C=O) groups excluding carboxylic acids is 1. The molecule has 5 rings (SSSR count). The molecule has 0 aliphatic carbocycles. The van der Waals surface area contributed by atoms with Gasteiger partial charge in [-0.2, -0.15) is 0 Å². The van der Waals surface area contributed by atoms with E-state index in [2.05, 4.69) is 21.3 Å². The third kappa shape index (κ3) is 2.74. The van der Waals surface area contributed by atoms with Gasteiger partial charge in [-0.15, -0.1) is 0 Å². The number of thiazole rings is 1. The average Bonchev–Trinajstić information content (AvgIpc) is 3.03. The second kappa shape index (κ2) is 6.17. The topological polar surface area (TPSA) is 63.7 Å². The number of fused-ring (bicyclic) bond motifs is 2. The number of nitrogens with zero attached hydrogens (tertiary/aromatic N) is 2. The Bertz CT molecular complexity index is 948. The van der Waals surface area contributed by atoms with Crippen LogP contribution in [0.3, 0.4) is 0 Å². The molecule has 0 spiro atoms. The van der Waals surface area contributed by atoms with Crippen molar-refractivity contribution in [1.82, 2.24) is 4.98 Å². The van der Waals surface area contributed by atoms with Crippen molar-refractivity contribution in [3.63, 3.8) is 0 Å². The Kier molecular flexibility index (Phi) is 3.67. The number of carbonyl (C=O) groups is 1. The minimum atomic E-state index is -0.0322. The van der Waals surface area contributed by atoms with E-state index in [-0.39, 0.29) is 11.8 Å². The number of rotatable bonds is 3. The molecule has 0 saturated carbocycles. The van der Waals surface area contributed by atoms with E-state index >= 15 is 0 Å². The lowest BCUT2D eigenvalue weighted by molar-refractivity contribution is -0.120. The SMILES string of the molecule is O=C(Nc1ccc2c(c1)OCCO2)C1CN(c2nc3ccccc3s2)C1. The van der Waals surface area contributed by atoms with E-state index < -0.39 is 0 Å². The van der Waals surface area contributed by atoms with Gasteiger partial charge in [-0.1, -0.05) is 23.5 Å². The normalized spacial score (nSPS) is 16.4. The number of nitrogens with one attached hydrogen (secondary N) is 1. The highest BCUT2D eigenvalue weighted by Crippen LogP contribution is 2.35. The molecule has 3 heterocycles. The summed E-state index contributed by atoms with van der Waals surface area (Å²) in [6.45, 7) is 2.47. The molecule has 0 atom stereocenters. The first kappa shape index (κ1) is 15.5. The molecule has 132 valence electrons. The maximum Gasteiger partial charge on any atom is 0.231 e. The van der Waals surface area contributed by atoms with E-state index in [1.165, 1.54) is 4.70 Å². The molecule has 2 aliphatic heterocycles. The first-order chi connectivity index (χ1) is 12.8. The van der Waals surface area contributed by atoms with Crippen LogP contribution in [0.1, 0.15) is 0 Å². The lowest BCUT2D eigenvalue weighted by Gasteiger charge is -2.38. The van der Waals surface area contributed by atoms with Crippen LogP contribution in [0, 0.1) is 5.92 Å². The second-order valence-electron chi connectivity index (χ2n) is 6.41. The Labute approximate surface area is 154 Å². The molecule has 0 unspecified atom stereocenters. The molecule has 6 nitrogen and oxygen atoms in total. The van der Waals surface area contributed by atoms with Gasteiger partial charge in [0.15, 0.2) is 16.6 Å². The summed E-state index contributed by atoms with van der Waals surface area (Å²) < 4.78 is 12.2. The van der Waals surface area contributed by atoms with Crippen molar-refractivity contribution >= 4 is 38.3 Å². The second-order valence-corrected chi connectivity index (χ2v) is 7.42. The number of benzene rings is 2. The third-order valence-corrected chi connectivity index (χ3v) is 5.71. The number of hydrogen-bond donors (Lipinski definition) is 1. The van der Waals surface area contributed by atoms with E-state index in [9.17, 15) is 4.79 Å². The molecule has 1 fully saturated rings. The summed E-state index contributed by atoms with van der Waals surface area (Å²) >= 11 is 1.67. The summed E-state index contributed by atoms with van der Waals surface area (Å²) in [7, 11) is 0. The average molecular weight is 367 g/mol. The minimum Gasteiger partial charge on any atom is -0.486 e. The van der Waals surface area contributed by atoms with E-state index in [0.717, 1.165) is 22.1 Å². The molecule has 2 aliphatic rings. The van der Waals surface area contributed by atoms with Crippen molar-refractivity contribution < 1.29 is 14.3 Å². The molecule has 1 saturated heterocycles. The predicted octanol–water partition coefficient (Wildman–Crippen LogP) is 3.14. The van der Waals surface area contributed by atoms with Gasteiger partial charge < -0.3 is 19.7 Å². The van der Waals surface area contributed by atoms with Gasteiger partial charge in [0.25, 0.3) is 0 Å². The van der Waals surface area contributed by atoms with Gasteiger partial charge in [-0.3, -0.25) is 4.79 Å². The molecular formula is C19H17N3O3S. The highest BCUT2D eigenvalue weighted by Gasteiger charge is 2.34. The van der Waals surface area contributed by atoms with Crippen LogP contribution < -0.4 is 19.7 Å². The zero-order chi connectivity index (χ0) is 17.5. The fourth-order valence-electron chi connectivity index (χ4n) is 3.16. The molecular weight excluding hydrogens is 350 g/mol. The van der Waals surface area contributed by atoms with E-state index in [4.69, 9.17) is 9.47 Å². The van der Waals surface area contributed by atoms with Crippen LogP contribution in [-0.4, -0.2) is 37.2 Å². The molecule has 7 heteroatoms. The number of aromatic nitrogens is 1. The fourth-order valence-corrected chi connectivity index (χ4v) is 4.15. The fraction of sp³-hybridized carbons (Fsp3) is 0.263. The van der Waals surface area contributed by atoms with E-state index in [1.807, 2.05) is 36.4 Å². The highest BCUT2D eigenvalue weighted by atomic mass is 32.1. The third-order valence-electron chi connectivity index (χ3n) is 4.62. The van der Waals surface area contributed by atoms with Crippen LogP contribution in [0.25, 0.3) is 10.2 Å². The summed E-state index contributed by atoms with van der Waals surface area (Å²) in [5.41, 5.74) is 1.74. The number of anilines is 2. The molecule has 26 heavy (non-hydrogen) atoms. The number of ether oxygens (including phenoxy) is 2. The molecule has 1 N–H and O–H groups in total. The summed E-state index contributed by atoms with van der Waals surface area (Å²) in [5, 5.41) is 3.96. The Balaban J connectivity index is 1.22. The van der Waals surface area contributed by atoms with Gasteiger partial charge in [0.1, 0.15) is 13.2 Å². The smallest absolute Gasteiger partial charge is 0.231 e. The predicted molar refractivity (Wildman–Crippen MR) is 101 cm³/mol. The van der Waals surface area contributed by atoms with Crippen LogP contribution in [0.5, 0.6) is 11.5 Å². The lowest BCUT2D eigenvalue weighted by atomic mass is 10.00. The lowest BCUT2D eigenvalue weighted by Crippen LogP contribution is -2.52. The molecule has 1 amide bonds. The molecule has 0 radical (unpaired) electrons. The van der Waals surface area contributed by atoms with Crippen molar-refractivity contribution in [2.45, 2.75) is 0 Å². The molecule has 1 aromatic heterocycles. The zero-order valence-corrected chi connectivity index (χ0v) is 14.8. The molecule has 0 bridgehead atoms. The molecule has 3 aromatic rings. The quantitative estimate of drug-likeness (QED) is 0.770. The summed E-state index contributed by atoms with van der Waals surface area (Å²) in [6.07, 6.45) is 0. The van der Waals surface area contributed by atoms with Crippen molar-refractivity contribution in [2.24, 2.45) is 5.92 Å². The van der Waals surface area contributed by atoms with Crippen LogP contribution in [-0.2, 0) is 4.79 Å². The first-order valence-electron chi connectivity index (χ1n) is 8.57. The van der Waals surface area contributed by atoms with Crippen LogP contribution in [0.4, 0.5) is 10.8 Å². The van der Waals surface area contributed by atoms with Gasteiger partial charge in [-0.25, -0.2) is 4.98 Å².